The van der Waals surface area contributed by atoms with Crippen molar-refractivity contribution >= 4 is 0 Å². The fourth-order valence-electron chi connectivity index (χ4n) is 1.23. The molecule has 3 nitrogen and oxygen atoms in total. The Hall–Kier alpha value is -1.30. The van der Waals surface area contributed by atoms with Gasteiger partial charge in [0.05, 0.1) is 12.2 Å². The number of alkyl halides is 3. The minimum Gasteiger partial charge on any atom is -0.475 e. The van der Waals surface area contributed by atoms with Crippen LogP contribution < -0.4 is 4.74 Å². The number of aryl methyl sites for hydroxylation is 1. The first-order valence-electron chi connectivity index (χ1n) is 5.20. The molecule has 0 aromatic carbocycles. The highest BCUT2D eigenvalue weighted by Crippen LogP contribution is 2.31. The van der Waals surface area contributed by atoms with Crippen molar-refractivity contribution in [2.75, 3.05) is 19.8 Å². The average Bonchev–Trinajstić information content (AvgIpc) is 2.22. The Balaban J connectivity index is 2.69. The molecule has 0 bridgehead atoms. The summed E-state index contributed by atoms with van der Waals surface area (Å²) < 4.78 is 47.5. The summed E-state index contributed by atoms with van der Waals surface area (Å²) in [5, 5.41) is 0. The molecule has 0 saturated heterocycles. The Bertz CT molecular complexity index is 366. The van der Waals surface area contributed by atoms with Gasteiger partial charge in [-0.25, -0.2) is 4.98 Å². The highest BCUT2D eigenvalue weighted by atomic mass is 19.4. The lowest BCUT2D eigenvalue weighted by Gasteiger charge is -2.10. The molecular weight excluding hydrogens is 235 g/mol. The summed E-state index contributed by atoms with van der Waals surface area (Å²) in [6, 6.07) is 1.87. The molecule has 0 atom stereocenters. The Morgan fingerprint density at radius 2 is 1.94 bits per heavy atom. The summed E-state index contributed by atoms with van der Waals surface area (Å²) in [7, 11) is 0. The standard InChI is InChI=1S/C11H14F3NO2/c1-3-16-4-5-17-10-7-9(11(12,13)14)6-8(2)15-10/h6-7H,3-5H2,1-2H3. The minimum absolute atomic E-state index is 0.0305. The van der Waals surface area contributed by atoms with Crippen molar-refractivity contribution in [1.29, 1.82) is 0 Å². The summed E-state index contributed by atoms with van der Waals surface area (Å²) in [5.41, 5.74) is -0.484. The first kappa shape index (κ1) is 13.8. The van der Waals surface area contributed by atoms with Crippen LogP contribution in [-0.2, 0) is 10.9 Å². The van der Waals surface area contributed by atoms with Gasteiger partial charge in [-0.05, 0) is 19.9 Å². The van der Waals surface area contributed by atoms with Crippen molar-refractivity contribution in [3.8, 4) is 5.88 Å². The van der Waals surface area contributed by atoms with E-state index in [1.165, 1.54) is 6.92 Å². The van der Waals surface area contributed by atoms with Crippen LogP contribution in [0.25, 0.3) is 0 Å². The van der Waals surface area contributed by atoms with Crippen molar-refractivity contribution in [2.45, 2.75) is 20.0 Å². The van der Waals surface area contributed by atoms with Gasteiger partial charge in [0, 0.05) is 18.4 Å². The maximum Gasteiger partial charge on any atom is 0.416 e. The normalized spacial score (nSPS) is 11.6. The van der Waals surface area contributed by atoms with E-state index in [1.54, 1.807) is 0 Å². The van der Waals surface area contributed by atoms with Crippen LogP contribution in [0.3, 0.4) is 0 Å². The molecule has 0 unspecified atom stereocenters. The Morgan fingerprint density at radius 3 is 2.53 bits per heavy atom. The Kier molecular flexibility index (Phi) is 4.74. The lowest BCUT2D eigenvalue weighted by atomic mass is 10.2. The fraction of sp³-hybridized carbons (Fsp3) is 0.545. The summed E-state index contributed by atoms with van der Waals surface area (Å²) in [6.07, 6.45) is -4.38. The van der Waals surface area contributed by atoms with Crippen LogP contribution in [0, 0.1) is 6.92 Å². The number of pyridine rings is 1. The predicted molar refractivity (Wildman–Crippen MR) is 56.0 cm³/mol. The highest BCUT2D eigenvalue weighted by molar-refractivity contribution is 5.26. The molecule has 17 heavy (non-hydrogen) atoms. The van der Waals surface area contributed by atoms with Gasteiger partial charge >= 0.3 is 6.18 Å². The Labute approximate surface area is 97.6 Å². The number of hydrogen-bond donors (Lipinski definition) is 0. The lowest BCUT2D eigenvalue weighted by Crippen LogP contribution is -2.10. The maximum absolute atomic E-state index is 12.5. The molecule has 0 radical (unpaired) electrons. The molecule has 1 aromatic heterocycles. The monoisotopic (exact) mass is 249 g/mol. The average molecular weight is 249 g/mol. The van der Waals surface area contributed by atoms with Crippen LogP contribution in [0.4, 0.5) is 13.2 Å². The summed E-state index contributed by atoms with van der Waals surface area (Å²) in [6.45, 7) is 4.37. The molecule has 0 saturated carbocycles. The van der Waals surface area contributed by atoms with E-state index in [2.05, 4.69) is 4.98 Å². The van der Waals surface area contributed by atoms with E-state index in [1.807, 2.05) is 6.92 Å². The van der Waals surface area contributed by atoms with Gasteiger partial charge in [-0.15, -0.1) is 0 Å². The van der Waals surface area contributed by atoms with Gasteiger partial charge in [-0.2, -0.15) is 13.2 Å². The largest absolute Gasteiger partial charge is 0.475 e. The first-order valence-corrected chi connectivity index (χ1v) is 5.20. The summed E-state index contributed by atoms with van der Waals surface area (Å²) >= 11 is 0. The molecule has 6 heteroatoms. The van der Waals surface area contributed by atoms with Crippen LogP contribution in [-0.4, -0.2) is 24.8 Å². The summed E-state index contributed by atoms with van der Waals surface area (Å²) in [5.74, 6) is -0.0305. The smallest absolute Gasteiger partial charge is 0.416 e. The number of aromatic nitrogens is 1. The van der Waals surface area contributed by atoms with Gasteiger partial charge in [-0.3, -0.25) is 0 Å². The SMILES string of the molecule is CCOCCOc1cc(C(F)(F)F)cc(C)n1. The van der Waals surface area contributed by atoms with Crippen LogP contribution in [0.15, 0.2) is 12.1 Å². The zero-order valence-corrected chi connectivity index (χ0v) is 9.67. The zero-order valence-electron chi connectivity index (χ0n) is 9.67. The lowest BCUT2D eigenvalue weighted by molar-refractivity contribution is -0.137. The third kappa shape index (κ3) is 4.60. The number of halogens is 3. The maximum atomic E-state index is 12.5. The molecule has 96 valence electrons. The molecule has 1 heterocycles. The van der Waals surface area contributed by atoms with E-state index < -0.39 is 11.7 Å². The van der Waals surface area contributed by atoms with Crippen molar-refractivity contribution < 1.29 is 22.6 Å². The molecule has 0 aliphatic rings. The third-order valence-corrected chi connectivity index (χ3v) is 1.94. The molecular formula is C11H14F3NO2. The molecule has 1 rings (SSSR count). The van der Waals surface area contributed by atoms with Crippen molar-refractivity contribution in [3.05, 3.63) is 23.4 Å². The zero-order chi connectivity index (χ0) is 12.9. The second kappa shape index (κ2) is 5.86. The van der Waals surface area contributed by atoms with Crippen LogP contribution >= 0.6 is 0 Å². The van der Waals surface area contributed by atoms with Crippen molar-refractivity contribution in [1.82, 2.24) is 4.98 Å². The second-order valence-corrected chi connectivity index (χ2v) is 3.38. The minimum atomic E-state index is -4.38. The molecule has 0 fully saturated rings. The molecule has 0 aliphatic carbocycles. The Morgan fingerprint density at radius 1 is 1.24 bits per heavy atom. The van der Waals surface area contributed by atoms with Crippen LogP contribution in [0.2, 0.25) is 0 Å². The predicted octanol–water partition coefficient (Wildman–Crippen LogP) is 2.82. The van der Waals surface area contributed by atoms with E-state index in [4.69, 9.17) is 9.47 Å². The number of nitrogens with zero attached hydrogens (tertiary/aromatic N) is 1. The number of ether oxygens (including phenoxy) is 2. The quantitative estimate of drug-likeness (QED) is 0.752. The van der Waals surface area contributed by atoms with Gasteiger partial charge in [-0.1, -0.05) is 0 Å². The summed E-state index contributed by atoms with van der Waals surface area (Å²) in [4.78, 5) is 3.87. The molecule has 0 aliphatic heterocycles. The van der Waals surface area contributed by atoms with E-state index >= 15 is 0 Å². The molecule has 1 aromatic rings. The van der Waals surface area contributed by atoms with Gasteiger partial charge < -0.3 is 9.47 Å². The van der Waals surface area contributed by atoms with Crippen molar-refractivity contribution in [2.24, 2.45) is 0 Å². The molecule has 0 amide bonds. The number of hydrogen-bond acceptors (Lipinski definition) is 3. The van der Waals surface area contributed by atoms with Gasteiger partial charge in [0.1, 0.15) is 6.61 Å². The van der Waals surface area contributed by atoms with Crippen molar-refractivity contribution in [3.63, 3.8) is 0 Å². The highest BCUT2D eigenvalue weighted by Gasteiger charge is 2.31. The third-order valence-electron chi connectivity index (χ3n) is 1.94. The van der Waals surface area contributed by atoms with E-state index in [-0.39, 0.29) is 18.2 Å². The van der Waals surface area contributed by atoms with Gasteiger partial charge in [0.25, 0.3) is 0 Å². The first-order chi connectivity index (χ1) is 7.93. The topological polar surface area (TPSA) is 31.4 Å². The van der Waals surface area contributed by atoms with E-state index in [0.717, 1.165) is 12.1 Å². The fourth-order valence-corrected chi connectivity index (χ4v) is 1.23. The van der Waals surface area contributed by atoms with Gasteiger partial charge in [0.2, 0.25) is 5.88 Å². The van der Waals surface area contributed by atoms with Crippen LogP contribution in [0.5, 0.6) is 5.88 Å². The van der Waals surface area contributed by atoms with E-state index in [0.29, 0.717) is 13.2 Å². The molecule has 0 spiro atoms. The second-order valence-electron chi connectivity index (χ2n) is 3.38. The number of rotatable bonds is 5. The van der Waals surface area contributed by atoms with Crippen LogP contribution in [0.1, 0.15) is 18.2 Å². The van der Waals surface area contributed by atoms with E-state index in [9.17, 15) is 13.2 Å². The van der Waals surface area contributed by atoms with Gasteiger partial charge in [0.15, 0.2) is 0 Å². The molecule has 0 N–H and O–H groups in total.